The number of likely N-dealkylation sites (N-methyl/N-ethyl adjacent to an activating group) is 1. The monoisotopic (exact) mass is 471 g/mol. The molecular weight excluding hydrogens is 442 g/mol. The van der Waals surface area contributed by atoms with E-state index in [1.54, 1.807) is 13.8 Å². The lowest BCUT2D eigenvalue weighted by atomic mass is 10.1. The Kier molecular flexibility index (Phi) is 7.88. The average Bonchev–Trinajstić information content (AvgIpc) is 3.37. The number of nitrogens with one attached hydrogen (secondary N) is 2. The van der Waals surface area contributed by atoms with Gasteiger partial charge < -0.3 is 19.8 Å². The molecule has 0 radical (unpaired) electrons. The first kappa shape index (κ1) is 24.5. The highest BCUT2D eigenvalue weighted by Crippen LogP contribution is 2.34. The molecule has 3 rings (SSSR count). The average molecular weight is 472 g/mol. The molecule has 0 saturated carbocycles. The van der Waals surface area contributed by atoms with Crippen molar-refractivity contribution in [3.63, 3.8) is 0 Å². The van der Waals surface area contributed by atoms with E-state index in [1.807, 2.05) is 49.1 Å². The molecular formula is C24H29N3O5S. The second-order valence-corrected chi connectivity index (χ2v) is 8.55. The number of furan rings is 1. The number of carbonyl (C=O) groups excluding carboxylic acids is 3. The van der Waals surface area contributed by atoms with E-state index in [9.17, 15) is 14.4 Å². The third kappa shape index (κ3) is 5.26. The lowest BCUT2D eigenvalue weighted by molar-refractivity contribution is -0.117. The van der Waals surface area contributed by atoms with Gasteiger partial charge in [-0.2, -0.15) is 0 Å². The standard InChI is InChI=1S/C24H29N3O5S/c1-6-27(15(4)18-12-16-10-8-9-11-17(16)32-18)13-19(28)26-23-20(24(30)31-7-2)14(3)21(33-23)22(29)25-5/h8-12,15H,6-7,13H2,1-5H3,(H,25,29)(H,26,28). The Labute approximate surface area is 196 Å². The van der Waals surface area contributed by atoms with E-state index in [2.05, 4.69) is 10.6 Å². The summed E-state index contributed by atoms with van der Waals surface area (Å²) in [7, 11) is 1.52. The van der Waals surface area contributed by atoms with Crippen LogP contribution in [-0.2, 0) is 9.53 Å². The van der Waals surface area contributed by atoms with Gasteiger partial charge in [0.1, 0.15) is 16.3 Å². The second-order valence-electron chi connectivity index (χ2n) is 7.53. The smallest absolute Gasteiger partial charge is 0.341 e. The van der Waals surface area contributed by atoms with Crippen LogP contribution < -0.4 is 10.6 Å². The number of hydrogen-bond acceptors (Lipinski definition) is 7. The van der Waals surface area contributed by atoms with Gasteiger partial charge in [0, 0.05) is 12.4 Å². The number of nitrogens with zero attached hydrogens (tertiary/aromatic N) is 1. The number of thiophene rings is 1. The molecule has 0 spiro atoms. The Bertz CT molecular complexity index is 1130. The van der Waals surface area contributed by atoms with Crippen molar-refractivity contribution in [1.82, 2.24) is 10.2 Å². The first-order chi connectivity index (χ1) is 15.8. The van der Waals surface area contributed by atoms with Crippen molar-refractivity contribution in [2.24, 2.45) is 0 Å². The zero-order valence-corrected chi connectivity index (χ0v) is 20.3. The van der Waals surface area contributed by atoms with Crippen molar-refractivity contribution < 1.29 is 23.5 Å². The SMILES string of the molecule is CCOC(=O)c1c(NC(=O)CN(CC)C(C)c2cc3ccccc3o2)sc(C(=O)NC)c1C. The molecule has 2 amide bonds. The molecule has 2 N–H and O–H groups in total. The fourth-order valence-electron chi connectivity index (χ4n) is 3.64. The molecule has 9 heteroatoms. The molecule has 2 aromatic heterocycles. The van der Waals surface area contributed by atoms with Gasteiger partial charge in [0.25, 0.3) is 5.91 Å². The fraction of sp³-hybridized carbons (Fsp3) is 0.375. The Balaban J connectivity index is 1.80. The summed E-state index contributed by atoms with van der Waals surface area (Å²) >= 11 is 1.06. The van der Waals surface area contributed by atoms with Crippen molar-refractivity contribution in [3.8, 4) is 0 Å². The highest BCUT2D eigenvalue weighted by atomic mass is 32.1. The molecule has 176 valence electrons. The summed E-state index contributed by atoms with van der Waals surface area (Å²) in [5.74, 6) is -0.418. The Morgan fingerprint density at radius 1 is 1.21 bits per heavy atom. The number of esters is 1. The van der Waals surface area contributed by atoms with E-state index in [-0.39, 0.29) is 36.6 Å². The maximum atomic E-state index is 13.0. The van der Waals surface area contributed by atoms with Gasteiger partial charge in [-0.25, -0.2) is 4.79 Å². The molecule has 1 aromatic carbocycles. The highest BCUT2D eigenvalue weighted by Gasteiger charge is 2.27. The van der Waals surface area contributed by atoms with Crippen LogP contribution in [0.25, 0.3) is 11.0 Å². The first-order valence-corrected chi connectivity index (χ1v) is 11.7. The number of anilines is 1. The van der Waals surface area contributed by atoms with Gasteiger partial charge in [0.2, 0.25) is 5.91 Å². The number of amides is 2. The van der Waals surface area contributed by atoms with Crippen molar-refractivity contribution in [1.29, 1.82) is 0 Å². The number of fused-ring (bicyclic) bond motifs is 1. The van der Waals surface area contributed by atoms with Gasteiger partial charge in [-0.3, -0.25) is 14.5 Å². The topological polar surface area (TPSA) is 101 Å². The van der Waals surface area contributed by atoms with E-state index in [4.69, 9.17) is 9.15 Å². The molecule has 0 aliphatic rings. The number of hydrogen-bond donors (Lipinski definition) is 2. The molecule has 0 bridgehead atoms. The molecule has 1 atom stereocenters. The van der Waals surface area contributed by atoms with E-state index in [0.29, 0.717) is 22.0 Å². The van der Waals surface area contributed by atoms with Crippen LogP contribution >= 0.6 is 11.3 Å². The lowest BCUT2D eigenvalue weighted by Gasteiger charge is -2.25. The minimum atomic E-state index is -0.570. The number of rotatable bonds is 9. The van der Waals surface area contributed by atoms with E-state index >= 15 is 0 Å². The zero-order chi connectivity index (χ0) is 24.1. The molecule has 2 heterocycles. The summed E-state index contributed by atoms with van der Waals surface area (Å²) in [5, 5.41) is 6.69. The van der Waals surface area contributed by atoms with Gasteiger partial charge in [0.15, 0.2) is 0 Å². The van der Waals surface area contributed by atoms with E-state index in [0.717, 1.165) is 28.1 Å². The van der Waals surface area contributed by atoms with Crippen molar-refractivity contribution in [2.75, 3.05) is 32.1 Å². The lowest BCUT2D eigenvalue weighted by Crippen LogP contribution is -2.35. The highest BCUT2D eigenvalue weighted by molar-refractivity contribution is 7.18. The summed E-state index contributed by atoms with van der Waals surface area (Å²) in [6, 6.07) is 9.62. The minimum absolute atomic E-state index is 0.0865. The number of ether oxygens (including phenoxy) is 1. The summed E-state index contributed by atoms with van der Waals surface area (Å²) in [6.45, 7) is 8.22. The van der Waals surface area contributed by atoms with Gasteiger partial charge in [0.05, 0.1) is 29.6 Å². The normalized spacial score (nSPS) is 12.1. The molecule has 0 aliphatic carbocycles. The van der Waals surface area contributed by atoms with Crippen LogP contribution in [0.3, 0.4) is 0 Å². The summed E-state index contributed by atoms with van der Waals surface area (Å²) < 4.78 is 11.1. The fourth-order valence-corrected chi connectivity index (χ4v) is 4.80. The molecule has 33 heavy (non-hydrogen) atoms. The maximum absolute atomic E-state index is 13.0. The maximum Gasteiger partial charge on any atom is 0.341 e. The van der Waals surface area contributed by atoms with Crippen LogP contribution in [0.1, 0.15) is 58.2 Å². The van der Waals surface area contributed by atoms with Crippen molar-refractivity contribution >= 4 is 45.1 Å². The van der Waals surface area contributed by atoms with Crippen LogP contribution in [0.4, 0.5) is 5.00 Å². The third-order valence-corrected chi connectivity index (χ3v) is 6.68. The van der Waals surface area contributed by atoms with E-state index in [1.165, 1.54) is 7.05 Å². The Morgan fingerprint density at radius 2 is 1.94 bits per heavy atom. The zero-order valence-electron chi connectivity index (χ0n) is 19.5. The number of benzene rings is 1. The summed E-state index contributed by atoms with van der Waals surface area (Å²) in [5.41, 5.74) is 1.49. The quantitative estimate of drug-likeness (QED) is 0.450. The van der Waals surface area contributed by atoms with Gasteiger partial charge in [-0.1, -0.05) is 25.1 Å². The first-order valence-electron chi connectivity index (χ1n) is 10.9. The van der Waals surface area contributed by atoms with Crippen LogP contribution in [0, 0.1) is 6.92 Å². The van der Waals surface area contributed by atoms with Crippen molar-refractivity contribution in [3.05, 3.63) is 52.1 Å². The van der Waals surface area contributed by atoms with Gasteiger partial charge in [-0.15, -0.1) is 11.3 Å². The molecule has 0 saturated heterocycles. The largest absolute Gasteiger partial charge is 0.462 e. The predicted octanol–water partition coefficient (Wildman–Crippen LogP) is 4.36. The van der Waals surface area contributed by atoms with Gasteiger partial charge in [-0.05, 0) is 45.0 Å². The Morgan fingerprint density at radius 3 is 2.58 bits per heavy atom. The molecule has 8 nitrogen and oxygen atoms in total. The van der Waals surface area contributed by atoms with Gasteiger partial charge >= 0.3 is 5.97 Å². The van der Waals surface area contributed by atoms with Crippen LogP contribution in [0.15, 0.2) is 34.7 Å². The van der Waals surface area contributed by atoms with Crippen LogP contribution in [0.2, 0.25) is 0 Å². The summed E-state index contributed by atoms with van der Waals surface area (Å²) in [4.78, 5) is 40.0. The van der Waals surface area contributed by atoms with Crippen LogP contribution in [0.5, 0.6) is 0 Å². The Hall–Kier alpha value is -3.17. The molecule has 0 fully saturated rings. The molecule has 0 aliphatic heterocycles. The second kappa shape index (κ2) is 10.6. The summed E-state index contributed by atoms with van der Waals surface area (Å²) in [6.07, 6.45) is 0. The molecule has 3 aromatic rings. The minimum Gasteiger partial charge on any atom is -0.462 e. The number of carbonyl (C=O) groups is 3. The molecule has 1 unspecified atom stereocenters. The number of para-hydroxylation sites is 1. The van der Waals surface area contributed by atoms with Crippen LogP contribution in [-0.4, -0.2) is 49.4 Å². The predicted molar refractivity (Wildman–Crippen MR) is 129 cm³/mol. The third-order valence-electron chi connectivity index (χ3n) is 5.47. The van der Waals surface area contributed by atoms with E-state index < -0.39 is 5.97 Å². The van der Waals surface area contributed by atoms with Crippen molar-refractivity contribution in [2.45, 2.75) is 33.7 Å².